The SMILES string of the molecule is CCN(CC)CC(C)Nc1cc(NN)cc([N+](=O)[O-])c1. The number of nitro groups is 1. The molecule has 1 aromatic carbocycles. The van der Waals surface area contributed by atoms with E-state index in [0.717, 1.165) is 19.6 Å². The van der Waals surface area contributed by atoms with E-state index in [4.69, 9.17) is 5.84 Å². The van der Waals surface area contributed by atoms with Gasteiger partial charge in [-0.3, -0.25) is 16.0 Å². The van der Waals surface area contributed by atoms with Crippen LogP contribution in [-0.4, -0.2) is 35.5 Å². The molecule has 1 atom stereocenters. The normalized spacial score (nSPS) is 12.2. The van der Waals surface area contributed by atoms with E-state index in [1.54, 1.807) is 6.07 Å². The quantitative estimate of drug-likeness (QED) is 0.383. The fourth-order valence-corrected chi connectivity index (χ4v) is 2.08. The topological polar surface area (TPSA) is 96.5 Å². The number of anilines is 2. The Hall–Kier alpha value is -1.86. The molecule has 0 heterocycles. The van der Waals surface area contributed by atoms with E-state index in [1.807, 2.05) is 6.92 Å². The van der Waals surface area contributed by atoms with E-state index >= 15 is 0 Å². The average molecular weight is 281 g/mol. The third-order valence-electron chi connectivity index (χ3n) is 3.13. The van der Waals surface area contributed by atoms with Crippen molar-refractivity contribution in [1.82, 2.24) is 4.90 Å². The number of hydrazine groups is 1. The number of non-ortho nitro benzene ring substituents is 1. The summed E-state index contributed by atoms with van der Waals surface area (Å²) in [7, 11) is 0. The molecular weight excluding hydrogens is 258 g/mol. The first-order valence-electron chi connectivity index (χ1n) is 6.75. The molecule has 7 heteroatoms. The number of hydrogen-bond acceptors (Lipinski definition) is 6. The number of nitro benzene ring substituents is 1. The minimum atomic E-state index is -0.429. The van der Waals surface area contributed by atoms with Crippen molar-refractivity contribution in [1.29, 1.82) is 0 Å². The van der Waals surface area contributed by atoms with Crippen LogP contribution in [0.25, 0.3) is 0 Å². The zero-order valence-corrected chi connectivity index (χ0v) is 12.2. The highest BCUT2D eigenvalue weighted by Gasteiger charge is 2.12. The monoisotopic (exact) mass is 281 g/mol. The van der Waals surface area contributed by atoms with Gasteiger partial charge in [-0.15, -0.1) is 0 Å². The largest absolute Gasteiger partial charge is 0.381 e. The fourth-order valence-electron chi connectivity index (χ4n) is 2.08. The highest BCUT2D eigenvalue weighted by atomic mass is 16.6. The van der Waals surface area contributed by atoms with E-state index in [2.05, 4.69) is 29.5 Å². The van der Waals surface area contributed by atoms with Crippen LogP contribution in [-0.2, 0) is 0 Å². The van der Waals surface area contributed by atoms with E-state index < -0.39 is 4.92 Å². The van der Waals surface area contributed by atoms with Gasteiger partial charge in [-0.25, -0.2) is 0 Å². The Morgan fingerprint density at radius 1 is 1.30 bits per heavy atom. The number of nitrogens with zero attached hydrogens (tertiary/aromatic N) is 2. The van der Waals surface area contributed by atoms with E-state index in [0.29, 0.717) is 11.4 Å². The van der Waals surface area contributed by atoms with Crippen molar-refractivity contribution in [2.45, 2.75) is 26.8 Å². The van der Waals surface area contributed by atoms with E-state index in [-0.39, 0.29) is 11.7 Å². The van der Waals surface area contributed by atoms with Crippen LogP contribution in [0, 0.1) is 10.1 Å². The standard InChI is InChI=1S/C13H23N5O2/c1-4-17(5-2)9-10(3)15-11-6-12(16-14)8-13(7-11)18(19)20/h6-8,10,15-16H,4-5,9,14H2,1-3H3. The van der Waals surface area contributed by atoms with Crippen molar-refractivity contribution in [3.05, 3.63) is 28.3 Å². The Bertz CT molecular complexity index is 448. The molecule has 7 nitrogen and oxygen atoms in total. The molecule has 0 aromatic heterocycles. The van der Waals surface area contributed by atoms with Gasteiger partial charge in [0, 0.05) is 30.4 Å². The number of likely N-dealkylation sites (N-methyl/N-ethyl adjacent to an activating group) is 1. The second-order valence-electron chi connectivity index (χ2n) is 4.70. The molecule has 0 spiro atoms. The first kappa shape index (κ1) is 16.2. The van der Waals surface area contributed by atoms with Gasteiger partial charge in [0.15, 0.2) is 0 Å². The molecule has 0 aliphatic rings. The van der Waals surface area contributed by atoms with Gasteiger partial charge < -0.3 is 15.6 Å². The summed E-state index contributed by atoms with van der Waals surface area (Å²) >= 11 is 0. The van der Waals surface area contributed by atoms with E-state index in [1.165, 1.54) is 12.1 Å². The summed E-state index contributed by atoms with van der Waals surface area (Å²) in [6.45, 7) is 9.11. The highest BCUT2D eigenvalue weighted by Crippen LogP contribution is 2.24. The Kier molecular flexibility index (Phi) is 6.20. The lowest BCUT2D eigenvalue weighted by atomic mass is 10.2. The van der Waals surface area contributed by atoms with Gasteiger partial charge in [-0.2, -0.15) is 0 Å². The molecule has 20 heavy (non-hydrogen) atoms. The maximum Gasteiger partial charge on any atom is 0.273 e. The lowest BCUT2D eigenvalue weighted by Crippen LogP contribution is -2.34. The van der Waals surface area contributed by atoms with Crippen LogP contribution in [0.15, 0.2) is 18.2 Å². The van der Waals surface area contributed by atoms with Crippen molar-refractivity contribution < 1.29 is 4.92 Å². The Labute approximate surface area is 119 Å². The number of nitrogens with one attached hydrogen (secondary N) is 2. The molecule has 0 radical (unpaired) electrons. The smallest absolute Gasteiger partial charge is 0.273 e. The lowest BCUT2D eigenvalue weighted by molar-refractivity contribution is -0.384. The highest BCUT2D eigenvalue weighted by molar-refractivity contribution is 5.63. The summed E-state index contributed by atoms with van der Waals surface area (Å²) in [6.07, 6.45) is 0. The fraction of sp³-hybridized carbons (Fsp3) is 0.538. The van der Waals surface area contributed by atoms with Gasteiger partial charge in [-0.05, 0) is 26.1 Å². The molecule has 0 fully saturated rings. The maximum absolute atomic E-state index is 10.9. The van der Waals surface area contributed by atoms with Crippen LogP contribution in [0.5, 0.6) is 0 Å². The summed E-state index contributed by atoms with van der Waals surface area (Å²) in [6, 6.07) is 4.86. The lowest BCUT2D eigenvalue weighted by Gasteiger charge is -2.24. The van der Waals surface area contributed by atoms with Gasteiger partial charge in [0.2, 0.25) is 0 Å². The van der Waals surface area contributed by atoms with Crippen LogP contribution < -0.4 is 16.6 Å². The predicted molar refractivity (Wildman–Crippen MR) is 81.8 cm³/mol. The number of nitrogens with two attached hydrogens (primary N) is 1. The molecule has 0 aliphatic carbocycles. The van der Waals surface area contributed by atoms with Crippen LogP contribution in [0.4, 0.5) is 17.1 Å². The second kappa shape index (κ2) is 7.66. The van der Waals surface area contributed by atoms with Gasteiger partial charge >= 0.3 is 0 Å². The van der Waals surface area contributed by atoms with Crippen LogP contribution in [0.3, 0.4) is 0 Å². The van der Waals surface area contributed by atoms with Crippen molar-refractivity contribution in [2.75, 3.05) is 30.4 Å². The first-order chi connectivity index (χ1) is 9.49. The molecule has 112 valence electrons. The second-order valence-corrected chi connectivity index (χ2v) is 4.70. The first-order valence-corrected chi connectivity index (χ1v) is 6.75. The van der Waals surface area contributed by atoms with Crippen LogP contribution in [0.2, 0.25) is 0 Å². The van der Waals surface area contributed by atoms with Crippen molar-refractivity contribution in [2.24, 2.45) is 5.84 Å². The molecular formula is C13H23N5O2. The Morgan fingerprint density at radius 3 is 2.40 bits per heavy atom. The average Bonchev–Trinajstić information content (AvgIpc) is 2.44. The summed E-state index contributed by atoms with van der Waals surface area (Å²) < 4.78 is 0. The number of hydrogen-bond donors (Lipinski definition) is 3. The Morgan fingerprint density at radius 2 is 1.90 bits per heavy atom. The third kappa shape index (κ3) is 4.67. The minimum Gasteiger partial charge on any atom is -0.381 e. The molecule has 1 rings (SSSR count). The van der Waals surface area contributed by atoms with Gasteiger partial charge in [0.05, 0.1) is 10.6 Å². The molecule has 4 N–H and O–H groups in total. The number of benzene rings is 1. The van der Waals surface area contributed by atoms with Crippen molar-refractivity contribution in [3.63, 3.8) is 0 Å². The number of nitrogen functional groups attached to an aromatic ring is 1. The Balaban J connectivity index is 2.80. The zero-order chi connectivity index (χ0) is 15.1. The molecule has 1 aromatic rings. The molecule has 0 aliphatic heterocycles. The van der Waals surface area contributed by atoms with Crippen molar-refractivity contribution in [3.8, 4) is 0 Å². The molecule has 0 bridgehead atoms. The molecule has 0 amide bonds. The zero-order valence-electron chi connectivity index (χ0n) is 12.2. The van der Waals surface area contributed by atoms with Gasteiger partial charge in [-0.1, -0.05) is 13.8 Å². The predicted octanol–water partition coefficient (Wildman–Crippen LogP) is 2.02. The van der Waals surface area contributed by atoms with Crippen LogP contribution in [0.1, 0.15) is 20.8 Å². The number of rotatable bonds is 8. The van der Waals surface area contributed by atoms with Gasteiger partial charge in [0.1, 0.15) is 0 Å². The molecule has 0 saturated carbocycles. The summed E-state index contributed by atoms with van der Waals surface area (Å²) in [4.78, 5) is 12.7. The van der Waals surface area contributed by atoms with E-state index in [9.17, 15) is 10.1 Å². The molecule has 1 unspecified atom stereocenters. The third-order valence-corrected chi connectivity index (χ3v) is 3.13. The summed E-state index contributed by atoms with van der Waals surface area (Å²) in [5.41, 5.74) is 3.65. The maximum atomic E-state index is 10.9. The van der Waals surface area contributed by atoms with Crippen molar-refractivity contribution >= 4 is 17.1 Å². The van der Waals surface area contributed by atoms with Crippen LogP contribution >= 0.6 is 0 Å². The summed E-state index contributed by atoms with van der Waals surface area (Å²) in [5.74, 6) is 5.33. The molecule has 0 saturated heterocycles. The summed E-state index contributed by atoms with van der Waals surface area (Å²) in [5, 5.41) is 14.1. The minimum absolute atomic E-state index is 0.0120. The van der Waals surface area contributed by atoms with Gasteiger partial charge in [0.25, 0.3) is 5.69 Å².